The second-order valence-corrected chi connectivity index (χ2v) is 29.5. The number of nitrogens with two attached hydrogens (primary N) is 1. The number of hydrogen-bond acceptors (Lipinski definition) is 14. The van der Waals surface area contributed by atoms with Gasteiger partial charge in [-0.3, -0.25) is 9.59 Å². The first-order valence-electron chi connectivity index (χ1n) is 21.0. The highest BCUT2D eigenvalue weighted by Gasteiger charge is 2.19. The van der Waals surface area contributed by atoms with Crippen LogP contribution < -0.4 is 31.2 Å². The topological polar surface area (TPSA) is 220 Å². The second-order valence-electron chi connectivity index (χ2n) is 17.0. The maximum absolute atomic E-state index is 12.2. The predicted octanol–water partition coefficient (Wildman–Crippen LogP) is 9.01. The third kappa shape index (κ3) is 16.9. The van der Waals surface area contributed by atoms with Gasteiger partial charge in [0.2, 0.25) is 0 Å². The molecule has 67 heavy (non-hydrogen) atoms. The molecule has 0 spiro atoms. The standard InChI is InChI=1S/C22H29ClN6O3Si.C15H24N4O2Si.C7H6Cl2N2O/c1-24-22(30)16-12-25-19(23)11-18(16)27-17-8-6-7-15(20(17)31-2)21-26-13-29(28-21)14-32-9-10-33(3,4)5;1-20-14-12(6-5-7-13(14)16)15-17-10-19(18-15)11-21-8-9-22(2,3)4;1-10-7(12)4-3-11-6(9)2-5(4)8/h6-8,11-13H,9-10,14H2,1-5H3,(H,24,30)(H,25,27);5-7,10H,8-9,11,16H2,1-4H3;2-3H,1H3,(H,10,12). The summed E-state index contributed by atoms with van der Waals surface area (Å²) in [6, 6.07) is 16.3. The molecule has 0 radical (unpaired) electrons. The Kier molecular flexibility index (Phi) is 20.5. The van der Waals surface area contributed by atoms with Gasteiger partial charge in [0.25, 0.3) is 11.8 Å². The van der Waals surface area contributed by atoms with Crippen LogP contribution in [0.4, 0.5) is 17.1 Å². The normalized spacial score (nSPS) is 11.1. The Morgan fingerprint density at radius 3 is 1.63 bits per heavy atom. The Morgan fingerprint density at radius 2 is 1.13 bits per heavy atom. The number of carbonyl (C=O) groups is 2. The van der Waals surface area contributed by atoms with E-state index in [4.69, 9.17) is 59.5 Å². The zero-order chi connectivity index (χ0) is 49.3. The van der Waals surface area contributed by atoms with Crippen LogP contribution in [0.3, 0.4) is 0 Å². The third-order valence-electron chi connectivity index (χ3n) is 9.37. The Morgan fingerprint density at radius 1 is 0.657 bits per heavy atom. The molecular weight excluding hydrogens is 955 g/mol. The van der Waals surface area contributed by atoms with Crippen molar-refractivity contribution in [1.29, 1.82) is 0 Å². The van der Waals surface area contributed by atoms with Crippen LogP contribution in [0.25, 0.3) is 22.8 Å². The number of hydrogen-bond donors (Lipinski definition) is 4. The molecule has 6 aromatic rings. The first-order valence-corrected chi connectivity index (χ1v) is 29.5. The van der Waals surface area contributed by atoms with E-state index >= 15 is 0 Å². The van der Waals surface area contributed by atoms with Crippen molar-refractivity contribution in [2.45, 2.75) is 64.8 Å². The number of halogens is 3. The van der Waals surface area contributed by atoms with Crippen LogP contribution in [0.15, 0.2) is 73.6 Å². The summed E-state index contributed by atoms with van der Waals surface area (Å²) in [6.07, 6.45) is 6.05. The minimum absolute atomic E-state index is 0.259. The molecule has 0 unspecified atom stereocenters. The summed E-state index contributed by atoms with van der Waals surface area (Å²) in [5.74, 6) is 1.66. The van der Waals surface area contributed by atoms with Crippen molar-refractivity contribution in [3.63, 3.8) is 0 Å². The van der Waals surface area contributed by atoms with E-state index in [0.29, 0.717) is 82.0 Å². The van der Waals surface area contributed by atoms with E-state index in [1.54, 1.807) is 55.4 Å². The molecule has 18 nitrogen and oxygen atoms in total. The Hall–Kier alpha value is -5.62. The molecule has 360 valence electrons. The molecule has 0 saturated carbocycles. The number of nitrogen functional groups attached to an aromatic ring is 1. The first-order chi connectivity index (χ1) is 31.8. The molecule has 0 aliphatic carbocycles. The zero-order valence-corrected chi connectivity index (χ0v) is 43.7. The van der Waals surface area contributed by atoms with Gasteiger partial charge in [0.05, 0.1) is 58.6 Å². The molecule has 6 rings (SSSR count). The number of anilines is 3. The highest BCUT2D eigenvalue weighted by molar-refractivity contribution is 6.76. The number of pyridine rings is 2. The summed E-state index contributed by atoms with van der Waals surface area (Å²) in [6.45, 7) is 16.1. The summed E-state index contributed by atoms with van der Waals surface area (Å²) in [5, 5.41) is 18.0. The van der Waals surface area contributed by atoms with Crippen LogP contribution in [-0.2, 0) is 22.9 Å². The quantitative estimate of drug-likeness (QED) is 0.0273. The van der Waals surface area contributed by atoms with Gasteiger partial charge in [-0.15, -0.1) is 10.2 Å². The molecule has 2 amide bonds. The predicted molar refractivity (Wildman–Crippen MR) is 270 cm³/mol. The molecular formula is C44H59Cl3N12O6Si2. The Bertz CT molecular complexity index is 2570. The van der Waals surface area contributed by atoms with Crippen molar-refractivity contribution in [3.8, 4) is 34.3 Å². The summed E-state index contributed by atoms with van der Waals surface area (Å²) in [4.78, 5) is 39.8. The number of rotatable bonds is 18. The van der Waals surface area contributed by atoms with E-state index < -0.39 is 16.1 Å². The summed E-state index contributed by atoms with van der Waals surface area (Å²) in [7, 11) is 4.03. The molecule has 0 atom stereocenters. The number of para-hydroxylation sites is 2. The van der Waals surface area contributed by atoms with Crippen LogP contribution in [-0.4, -0.2) is 109 Å². The second kappa shape index (κ2) is 25.5. The van der Waals surface area contributed by atoms with E-state index in [9.17, 15) is 9.59 Å². The van der Waals surface area contributed by atoms with Crippen molar-refractivity contribution in [1.82, 2.24) is 50.1 Å². The van der Waals surface area contributed by atoms with E-state index in [1.165, 1.54) is 25.5 Å². The monoisotopic (exact) mass is 1010 g/mol. The van der Waals surface area contributed by atoms with E-state index in [0.717, 1.165) is 24.3 Å². The van der Waals surface area contributed by atoms with Crippen molar-refractivity contribution >= 4 is 79.8 Å². The highest BCUT2D eigenvalue weighted by Crippen LogP contribution is 2.37. The lowest BCUT2D eigenvalue weighted by Crippen LogP contribution is -2.22. The molecule has 0 aliphatic rings. The van der Waals surface area contributed by atoms with Crippen LogP contribution in [0, 0.1) is 0 Å². The molecule has 0 fully saturated rings. The van der Waals surface area contributed by atoms with E-state index in [1.807, 2.05) is 30.3 Å². The van der Waals surface area contributed by atoms with Crippen molar-refractivity contribution in [2.24, 2.45) is 0 Å². The largest absolute Gasteiger partial charge is 0.494 e. The van der Waals surface area contributed by atoms with Gasteiger partial charge >= 0.3 is 0 Å². The number of nitrogens with one attached hydrogen (secondary N) is 3. The van der Waals surface area contributed by atoms with E-state index in [2.05, 4.69) is 85.4 Å². The summed E-state index contributed by atoms with van der Waals surface area (Å²) >= 11 is 17.3. The average molecular weight is 1010 g/mol. The molecule has 23 heteroatoms. The van der Waals surface area contributed by atoms with Gasteiger partial charge in [-0.25, -0.2) is 29.3 Å². The van der Waals surface area contributed by atoms with E-state index in [-0.39, 0.29) is 22.1 Å². The number of amides is 2. The maximum Gasteiger partial charge on any atom is 0.254 e. The minimum atomic E-state index is -1.14. The van der Waals surface area contributed by atoms with Gasteiger partial charge in [0, 0.05) is 55.9 Å². The summed E-state index contributed by atoms with van der Waals surface area (Å²) < 4.78 is 25.8. The highest BCUT2D eigenvalue weighted by atomic mass is 35.5. The molecule has 0 bridgehead atoms. The maximum atomic E-state index is 12.2. The fraction of sp³-hybridized carbons (Fsp3) is 0.364. The van der Waals surface area contributed by atoms with Gasteiger partial charge in [-0.1, -0.05) is 86.2 Å². The SMILES string of the molecule is CNC(=O)c1cnc(Cl)cc1Cl.CNC(=O)c1cnc(Cl)cc1Nc1cccc(-c2ncn(COCC[Si](C)(C)C)n2)c1OC.COc1c(N)cccc1-c1ncn(COCC[Si](C)(C)C)n1. The molecule has 5 N–H and O–H groups in total. The third-order valence-corrected chi connectivity index (χ3v) is 13.5. The number of methoxy groups -OCH3 is 2. The first kappa shape index (κ1) is 54.0. The zero-order valence-electron chi connectivity index (χ0n) is 39.4. The van der Waals surface area contributed by atoms with Gasteiger partial charge < -0.3 is 40.6 Å². The molecule has 0 saturated heterocycles. The van der Waals surface area contributed by atoms with Crippen LogP contribution in [0.2, 0.25) is 66.7 Å². The molecule has 4 heterocycles. The summed E-state index contributed by atoms with van der Waals surface area (Å²) in [5.41, 5.74) is 9.76. The molecule has 0 aliphatic heterocycles. The Balaban J connectivity index is 0.000000246. The lowest BCUT2D eigenvalue weighted by molar-refractivity contribution is 0.0784. The van der Waals surface area contributed by atoms with Crippen LogP contribution in [0.5, 0.6) is 11.5 Å². The number of nitrogens with zero attached hydrogens (tertiary/aromatic N) is 8. The Labute approximate surface area is 408 Å². The van der Waals surface area contributed by atoms with Crippen LogP contribution in [0.1, 0.15) is 20.7 Å². The smallest absolute Gasteiger partial charge is 0.254 e. The number of carbonyl (C=O) groups excluding carboxylic acids is 2. The fourth-order valence-electron chi connectivity index (χ4n) is 5.73. The molecule has 2 aromatic carbocycles. The van der Waals surface area contributed by atoms with Crippen LogP contribution >= 0.6 is 34.8 Å². The van der Waals surface area contributed by atoms with Crippen molar-refractivity contribution < 1.29 is 28.5 Å². The average Bonchev–Trinajstić information content (AvgIpc) is 3.96. The number of aromatic nitrogens is 8. The van der Waals surface area contributed by atoms with Crippen molar-refractivity contribution in [3.05, 3.63) is 100 Å². The molecule has 4 aromatic heterocycles. The van der Waals surface area contributed by atoms with Crippen molar-refractivity contribution in [2.75, 3.05) is 52.6 Å². The number of ether oxygens (including phenoxy) is 4. The van der Waals surface area contributed by atoms with Gasteiger partial charge in [-0.05, 0) is 48.5 Å². The minimum Gasteiger partial charge on any atom is -0.494 e. The fourth-order valence-corrected chi connectivity index (χ4v) is 7.85. The van der Waals surface area contributed by atoms with Gasteiger partial charge in [-0.2, -0.15) is 0 Å². The number of benzene rings is 2. The lowest BCUT2D eigenvalue weighted by Gasteiger charge is -2.16. The van der Waals surface area contributed by atoms with Gasteiger partial charge in [0.15, 0.2) is 23.1 Å². The van der Waals surface area contributed by atoms with Gasteiger partial charge in [0.1, 0.15) is 36.4 Å². The lowest BCUT2D eigenvalue weighted by atomic mass is 10.1.